The molecule has 90 valence electrons. The SMILES string of the molecule is OCCN(CC(F)(F)F)c1ncccc1Br. The fraction of sp³-hybridized carbons (Fsp3) is 0.444. The summed E-state index contributed by atoms with van der Waals surface area (Å²) in [5.41, 5.74) is 0. The first-order valence-electron chi connectivity index (χ1n) is 4.47. The van der Waals surface area contributed by atoms with Gasteiger partial charge in [0.1, 0.15) is 12.4 Å². The highest BCUT2D eigenvalue weighted by atomic mass is 79.9. The molecule has 0 bridgehead atoms. The smallest absolute Gasteiger partial charge is 0.395 e. The Bertz CT molecular complexity index is 346. The first kappa shape index (κ1) is 13.2. The predicted octanol–water partition coefficient (Wildman–Crippen LogP) is 2.21. The van der Waals surface area contributed by atoms with Gasteiger partial charge >= 0.3 is 6.18 Å². The lowest BCUT2D eigenvalue weighted by Crippen LogP contribution is -2.37. The summed E-state index contributed by atoms with van der Waals surface area (Å²) >= 11 is 3.12. The molecule has 0 atom stereocenters. The molecular formula is C9H10BrF3N2O. The largest absolute Gasteiger partial charge is 0.405 e. The Balaban J connectivity index is 2.89. The van der Waals surface area contributed by atoms with E-state index in [0.29, 0.717) is 4.47 Å². The van der Waals surface area contributed by atoms with E-state index in [1.807, 2.05) is 0 Å². The van der Waals surface area contributed by atoms with Crippen molar-refractivity contribution >= 4 is 21.7 Å². The Hall–Kier alpha value is -0.820. The molecule has 0 aromatic carbocycles. The Morgan fingerprint density at radius 3 is 2.62 bits per heavy atom. The fourth-order valence-corrected chi connectivity index (χ4v) is 1.71. The van der Waals surface area contributed by atoms with Crippen molar-refractivity contribution in [3.63, 3.8) is 0 Å². The van der Waals surface area contributed by atoms with Crippen molar-refractivity contribution in [3.05, 3.63) is 22.8 Å². The van der Waals surface area contributed by atoms with Gasteiger partial charge in [-0.25, -0.2) is 4.98 Å². The molecule has 0 fully saturated rings. The van der Waals surface area contributed by atoms with Crippen LogP contribution >= 0.6 is 15.9 Å². The normalized spacial score (nSPS) is 11.6. The molecule has 3 nitrogen and oxygen atoms in total. The van der Waals surface area contributed by atoms with E-state index in [1.54, 1.807) is 12.1 Å². The minimum Gasteiger partial charge on any atom is -0.395 e. The van der Waals surface area contributed by atoms with Crippen molar-refractivity contribution < 1.29 is 18.3 Å². The highest BCUT2D eigenvalue weighted by Crippen LogP contribution is 2.26. The van der Waals surface area contributed by atoms with Crippen LogP contribution < -0.4 is 4.90 Å². The molecule has 1 aromatic rings. The van der Waals surface area contributed by atoms with Crippen LogP contribution in [0.3, 0.4) is 0 Å². The van der Waals surface area contributed by atoms with Crippen LogP contribution in [0.15, 0.2) is 22.8 Å². The van der Waals surface area contributed by atoms with Crippen LogP contribution in [-0.4, -0.2) is 36.0 Å². The van der Waals surface area contributed by atoms with Crippen molar-refractivity contribution in [2.75, 3.05) is 24.6 Å². The van der Waals surface area contributed by atoms with Crippen LogP contribution in [0, 0.1) is 0 Å². The van der Waals surface area contributed by atoms with Gasteiger partial charge in [0.05, 0.1) is 11.1 Å². The molecule has 0 saturated heterocycles. The van der Waals surface area contributed by atoms with Gasteiger partial charge in [-0.1, -0.05) is 0 Å². The zero-order valence-corrected chi connectivity index (χ0v) is 9.79. The summed E-state index contributed by atoms with van der Waals surface area (Å²) in [4.78, 5) is 4.83. The van der Waals surface area contributed by atoms with E-state index in [1.165, 1.54) is 6.20 Å². The van der Waals surface area contributed by atoms with Crippen LogP contribution in [0.2, 0.25) is 0 Å². The number of nitrogens with zero attached hydrogens (tertiary/aromatic N) is 2. The zero-order valence-electron chi connectivity index (χ0n) is 8.21. The summed E-state index contributed by atoms with van der Waals surface area (Å²) in [7, 11) is 0. The average Bonchev–Trinajstić information content (AvgIpc) is 2.16. The maximum absolute atomic E-state index is 12.3. The van der Waals surface area contributed by atoms with Gasteiger partial charge in [-0.15, -0.1) is 0 Å². The molecule has 0 aliphatic carbocycles. The van der Waals surface area contributed by atoms with E-state index < -0.39 is 12.7 Å². The summed E-state index contributed by atoms with van der Waals surface area (Å²) in [6, 6.07) is 3.21. The quantitative estimate of drug-likeness (QED) is 0.926. The molecule has 0 saturated carbocycles. The molecule has 16 heavy (non-hydrogen) atoms. The summed E-state index contributed by atoms with van der Waals surface area (Å²) in [6.45, 7) is -1.61. The van der Waals surface area contributed by atoms with E-state index in [4.69, 9.17) is 5.11 Å². The monoisotopic (exact) mass is 298 g/mol. The van der Waals surface area contributed by atoms with Gasteiger partial charge in [-0.3, -0.25) is 0 Å². The Labute approximate surface area is 99.0 Å². The van der Waals surface area contributed by atoms with E-state index in [2.05, 4.69) is 20.9 Å². The molecule has 1 heterocycles. The lowest BCUT2D eigenvalue weighted by Gasteiger charge is -2.24. The van der Waals surface area contributed by atoms with Gasteiger partial charge in [0.25, 0.3) is 0 Å². The molecule has 1 N–H and O–H groups in total. The summed E-state index contributed by atoms with van der Waals surface area (Å²) in [5, 5.41) is 8.73. The van der Waals surface area contributed by atoms with Gasteiger partial charge in [0.15, 0.2) is 0 Å². The van der Waals surface area contributed by atoms with Gasteiger partial charge in [0.2, 0.25) is 0 Å². The second-order valence-corrected chi connectivity index (χ2v) is 3.92. The Morgan fingerprint density at radius 1 is 1.44 bits per heavy atom. The van der Waals surface area contributed by atoms with Crippen molar-refractivity contribution in [2.24, 2.45) is 0 Å². The molecule has 0 spiro atoms. The summed E-state index contributed by atoms with van der Waals surface area (Å²) in [5.74, 6) is 0.175. The van der Waals surface area contributed by atoms with Crippen LogP contribution in [0.1, 0.15) is 0 Å². The molecule has 7 heteroatoms. The number of alkyl halides is 3. The number of rotatable bonds is 4. The number of halogens is 4. The van der Waals surface area contributed by atoms with E-state index in [-0.39, 0.29) is 19.0 Å². The Kier molecular flexibility index (Phi) is 4.55. The number of anilines is 1. The lowest BCUT2D eigenvalue weighted by molar-refractivity contribution is -0.120. The molecule has 0 aliphatic heterocycles. The van der Waals surface area contributed by atoms with Crippen molar-refractivity contribution in [1.82, 2.24) is 4.98 Å². The van der Waals surface area contributed by atoms with E-state index >= 15 is 0 Å². The third kappa shape index (κ3) is 3.97. The second kappa shape index (κ2) is 5.49. The predicted molar refractivity (Wildman–Crippen MR) is 57.3 cm³/mol. The molecule has 0 aliphatic rings. The van der Waals surface area contributed by atoms with Crippen LogP contribution in [0.25, 0.3) is 0 Å². The van der Waals surface area contributed by atoms with Crippen molar-refractivity contribution in [2.45, 2.75) is 6.18 Å². The highest BCUT2D eigenvalue weighted by molar-refractivity contribution is 9.10. The number of hydrogen-bond acceptors (Lipinski definition) is 3. The molecule has 1 aromatic heterocycles. The number of aliphatic hydroxyl groups is 1. The fourth-order valence-electron chi connectivity index (χ4n) is 1.21. The van der Waals surface area contributed by atoms with Crippen LogP contribution in [0.5, 0.6) is 0 Å². The number of hydrogen-bond donors (Lipinski definition) is 1. The van der Waals surface area contributed by atoms with E-state index in [9.17, 15) is 13.2 Å². The first-order valence-corrected chi connectivity index (χ1v) is 5.26. The van der Waals surface area contributed by atoms with Crippen molar-refractivity contribution in [3.8, 4) is 0 Å². The first-order chi connectivity index (χ1) is 7.44. The van der Waals surface area contributed by atoms with Crippen LogP contribution in [0.4, 0.5) is 19.0 Å². The minimum atomic E-state index is -4.33. The molecule has 0 radical (unpaired) electrons. The van der Waals surface area contributed by atoms with Gasteiger partial charge in [-0.05, 0) is 28.1 Å². The molecule has 0 amide bonds. The second-order valence-electron chi connectivity index (χ2n) is 3.07. The number of pyridine rings is 1. The maximum Gasteiger partial charge on any atom is 0.405 e. The minimum absolute atomic E-state index is 0.116. The van der Waals surface area contributed by atoms with E-state index in [0.717, 1.165) is 4.90 Å². The van der Waals surface area contributed by atoms with Gasteiger partial charge < -0.3 is 10.0 Å². The highest BCUT2D eigenvalue weighted by Gasteiger charge is 2.31. The number of aromatic nitrogens is 1. The van der Waals surface area contributed by atoms with Crippen molar-refractivity contribution in [1.29, 1.82) is 0 Å². The third-order valence-corrected chi connectivity index (χ3v) is 2.40. The van der Waals surface area contributed by atoms with Gasteiger partial charge in [-0.2, -0.15) is 13.2 Å². The number of aliphatic hydroxyl groups excluding tert-OH is 1. The topological polar surface area (TPSA) is 36.4 Å². The third-order valence-electron chi connectivity index (χ3n) is 1.78. The summed E-state index contributed by atoms with van der Waals surface area (Å²) in [6.07, 6.45) is -2.92. The molecule has 1 rings (SSSR count). The Morgan fingerprint density at radius 2 is 2.12 bits per heavy atom. The lowest BCUT2D eigenvalue weighted by atomic mass is 10.4. The average molecular weight is 299 g/mol. The maximum atomic E-state index is 12.3. The van der Waals surface area contributed by atoms with Gasteiger partial charge in [0, 0.05) is 12.7 Å². The molecule has 0 unspecified atom stereocenters. The zero-order chi connectivity index (χ0) is 12.2. The summed E-state index contributed by atoms with van der Waals surface area (Å²) < 4.78 is 37.3. The van der Waals surface area contributed by atoms with Crippen LogP contribution in [-0.2, 0) is 0 Å². The standard InChI is InChI=1S/C9H10BrF3N2O/c10-7-2-1-3-14-8(7)15(4-5-16)6-9(11,12)13/h1-3,16H,4-6H2. The molecular weight excluding hydrogens is 289 g/mol.